The molecule has 1 N–H and O–H groups in total. The molecule has 1 aromatic carbocycles. The number of benzene rings is 1. The Bertz CT molecular complexity index is 1340. The number of nitrogens with zero attached hydrogens (tertiary/aromatic N) is 3. The zero-order valence-corrected chi connectivity index (χ0v) is 18.7. The van der Waals surface area contributed by atoms with Crippen molar-refractivity contribution in [2.24, 2.45) is 0 Å². The highest BCUT2D eigenvalue weighted by atomic mass is 32.2. The van der Waals surface area contributed by atoms with Crippen LogP contribution in [0.4, 0.5) is 23.2 Å². The summed E-state index contributed by atoms with van der Waals surface area (Å²) in [5.41, 5.74) is 1.25. The lowest BCUT2D eigenvalue weighted by Crippen LogP contribution is -2.29. The van der Waals surface area contributed by atoms with E-state index >= 15 is 0 Å². The summed E-state index contributed by atoms with van der Waals surface area (Å²) in [7, 11) is -3.79. The first kappa shape index (κ1) is 23.8. The summed E-state index contributed by atoms with van der Waals surface area (Å²) in [6.07, 6.45) is 0.343. The van der Waals surface area contributed by atoms with Crippen LogP contribution in [0, 0.1) is 5.82 Å². The number of halogens is 4. The topological polar surface area (TPSA) is 93.0 Å². The molecule has 1 aliphatic rings. The van der Waals surface area contributed by atoms with Gasteiger partial charge in [0.1, 0.15) is 11.6 Å². The number of fused-ring (bicyclic) bond motifs is 1. The second kappa shape index (κ2) is 8.78. The molecule has 3 heterocycles. The van der Waals surface area contributed by atoms with Gasteiger partial charge in [-0.1, -0.05) is 0 Å². The van der Waals surface area contributed by atoms with Crippen molar-refractivity contribution in [1.29, 1.82) is 0 Å². The molecule has 3 aromatic rings. The maximum absolute atomic E-state index is 14.0. The molecule has 0 spiro atoms. The van der Waals surface area contributed by atoms with Crippen LogP contribution in [-0.4, -0.2) is 49.5 Å². The van der Waals surface area contributed by atoms with Crippen LogP contribution < -0.4 is 14.4 Å². The molecule has 0 aliphatic carbocycles. The van der Waals surface area contributed by atoms with Gasteiger partial charge in [0.05, 0.1) is 29.6 Å². The first-order valence-electron chi connectivity index (χ1n) is 10.2. The van der Waals surface area contributed by atoms with Crippen molar-refractivity contribution in [3.8, 4) is 5.75 Å². The highest BCUT2D eigenvalue weighted by Gasteiger charge is 2.32. The number of amides is 1. The quantitative estimate of drug-likeness (QED) is 0.522. The fourth-order valence-electron chi connectivity index (χ4n) is 4.02. The minimum Gasteiger partial charge on any atom is -0.484 e. The van der Waals surface area contributed by atoms with Crippen LogP contribution in [0.5, 0.6) is 5.75 Å². The number of alkyl halides is 3. The molecule has 1 atom stereocenters. The van der Waals surface area contributed by atoms with Gasteiger partial charge in [0, 0.05) is 24.0 Å². The molecular weight excluding hydrogens is 480 g/mol. The number of aromatic nitrogens is 2. The summed E-state index contributed by atoms with van der Waals surface area (Å²) in [5, 5.41) is 4.05. The zero-order valence-electron chi connectivity index (χ0n) is 17.8. The van der Waals surface area contributed by atoms with Gasteiger partial charge >= 0.3 is 6.18 Å². The maximum atomic E-state index is 14.0. The SMILES string of the molecule is CS(=O)(=O)NC(=O)c1cnn2ccc(N3CCCC3c3cc(F)ccc3OCC(F)(F)F)cc12. The minimum absolute atomic E-state index is 0.0305. The van der Waals surface area contributed by atoms with Gasteiger partial charge in [-0.2, -0.15) is 18.3 Å². The van der Waals surface area contributed by atoms with Gasteiger partial charge in [0.2, 0.25) is 10.0 Å². The standard InChI is InChI=1S/C21H20F4N4O4S/c1-34(31,32)27-20(30)16-11-26-29-8-6-14(10-18(16)29)28-7-2-3-17(28)15-9-13(22)4-5-19(15)33-12-21(23,24)25/h4-6,8-11,17H,2-3,7,12H2,1H3,(H,27,30). The predicted octanol–water partition coefficient (Wildman–Crippen LogP) is 3.45. The van der Waals surface area contributed by atoms with Crippen molar-refractivity contribution in [2.75, 3.05) is 24.3 Å². The van der Waals surface area contributed by atoms with Gasteiger partial charge < -0.3 is 9.64 Å². The molecule has 1 amide bonds. The first-order chi connectivity index (χ1) is 15.9. The third-order valence-corrected chi connectivity index (χ3v) is 5.89. The van der Waals surface area contributed by atoms with Gasteiger partial charge in [0.25, 0.3) is 5.91 Å². The average Bonchev–Trinajstić information content (AvgIpc) is 3.37. The Morgan fingerprint density at radius 1 is 1.26 bits per heavy atom. The van der Waals surface area contributed by atoms with Gasteiger partial charge in [-0.3, -0.25) is 4.79 Å². The number of hydrogen-bond acceptors (Lipinski definition) is 6. The van der Waals surface area contributed by atoms with E-state index in [1.807, 2.05) is 9.62 Å². The Hall–Kier alpha value is -3.35. The second-order valence-corrected chi connectivity index (χ2v) is 9.66. The smallest absolute Gasteiger partial charge is 0.422 e. The second-order valence-electron chi connectivity index (χ2n) is 7.91. The van der Waals surface area contributed by atoms with E-state index in [2.05, 4.69) is 5.10 Å². The zero-order chi connectivity index (χ0) is 24.7. The van der Waals surface area contributed by atoms with E-state index in [0.717, 1.165) is 18.4 Å². The number of anilines is 1. The fraction of sp³-hybridized carbons (Fsp3) is 0.333. The fourth-order valence-corrected chi connectivity index (χ4v) is 4.46. The number of hydrogen-bond donors (Lipinski definition) is 1. The molecular formula is C21H20F4N4O4S. The van der Waals surface area contributed by atoms with Gasteiger partial charge in [0.15, 0.2) is 6.61 Å². The third-order valence-electron chi connectivity index (χ3n) is 5.33. The molecule has 34 heavy (non-hydrogen) atoms. The summed E-state index contributed by atoms with van der Waals surface area (Å²) >= 11 is 0. The molecule has 182 valence electrons. The molecule has 0 radical (unpaired) electrons. The Morgan fingerprint density at radius 2 is 2.03 bits per heavy atom. The molecule has 0 bridgehead atoms. The molecule has 1 unspecified atom stereocenters. The number of ether oxygens (including phenoxy) is 1. The Morgan fingerprint density at radius 3 is 2.74 bits per heavy atom. The number of nitrogens with one attached hydrogen (secondary N) is 1. The van der Waals surface area contributed by atoms with Crippen molar-refractivity contribution in [3.05, 3.63) is 59.7 Å². The van der Waals surface area contributed by atoms with Crippen LogP contribution in [0.2, 0.25) is 0 Å². The number of pyridine rings is 1. The van der Waals surface area contributed by atoms with Crippen molar-refractivity contribution in [2.45, 2.75) is 25.1 Å². The van der Waals surface area contributed by atoms with Crippen LogP contribution >= 0.6 is 0 Å². The molecule has 1 fully saturated rings. The van der Waals surface area contributed by atoms with Crippen molar-refractivity contribution < 1.29 is 35.5 Å². The summed E-state index contributed by atoms with van der Waals surface area (Å²) in [6.45, 7) is -0.978. The number of carbonyl (C=O) groups excluding carboxylic acids is 1. The van der Waals surface area contributed by atoms with Crippen molar-refractivity contribution in [3.63, 3.8) is 0 Å². The van der Waals surface area contributed by atoms with E-state index in [9.17, 15) is 30.8 Å². The number of rotatable bonds is 6. The van der Waals surface area contributed by atoms with E-state index in [1.54, 1.807) is 18.3 Å². The van der Waals surface area contributed by atoms with Crippen molar-refractivity contribution >= 4 is 27.1 Å². The molecule has 0 saturated carbocycles. The third kappa shape index (κ3) is 5.24. The van der Waals surface area contributed by atoms with E-state index in [0.29, 0.717) is 30.6 Å². The highest BCUT2D eigenvalue weighted by molar-refractivity contribution is 7.89. The van der Waals surface area contributed by atoms with E-state index in [1.165, 1.54) is 16.8 Å². The van der Waals surface area contributed by atoms with Gasteiger partial charge in [-0.15, -0.1) is 0 Å². The average molecular weight is 500 g/mol. The molecule has 4 rings (SSSR count). The van der Waals surface area contributed by atoms with E-state index in [-0.39, 0.29) is 16.9 Å². The molecule has 1 aliphatic heterocycles. The maximum Gasteiger partial charge on any atom is 0.422 e. The van der Waals surface area contributed by atoms with Crippen LogP contribution in [0.15, 0.2) is 42.7 Å². The number of sulfonamides is 1. The largest absolute Gasteiger partial charge is 0.484 e. The molecule has 13 heteroatoms. The lowest BCUT2D eigenvalue weighted by atomic mass is 10.0. The molecule has 8 nitrogen and oxygen atoms in total. The summed E-state index contributed by atoms with van der Waals surface area (Å²) in [6, 6.07) is 6.24. The van der Waals surface area contributed by atoms with E-state index < -0.39 is 40.6 Å². The van der Waals surface area contributed by atoms with Crippen LogP contribution in [0.3, 0.4) is 0 Å². The Labute approximate surface area is 192 Å². The minimum atomic E-state index is -4.54. The Kier molecular flexibility index (Phi) is 6.14. The summed E-state index contributed by atoms with van der Waals surface area (Å²) in [5.74, 6) is -1.51. The Balaban J connectivity index is 1.69. The summed E-state index contributed by atoms with van der Waals surface area (Å²) < 4.78 is 83.3. The lowest BCUT2D eigenvalue weighted by molar-refractivity contribution is -0.153. The molecule has 2 aromatic heterocycles. The van der Waals surface area contributed by atoms with Crippen LogP contribution in [-0.2, 0) is 10.0 Å². The van der Waals surface area contributed by atoms with E-state index in [4.69, 9.17) is 4.74 Å². The first-order valence-corrected chi connectivity index (χ1v) is 12.1. The monoisotopic (exact) mass is 500 g/mol. The summed E-state index contributed by atoms with van der Waals surface area (Å²) in [4.78, 5) is 14.3. The predicted molar refractivity (Wildman–Crippen MR) is 115 cm³/mol. The number of carbonyl (C=O) groups is 1. The van der Waals surface area contributed by atoms with Gasteiger partial charge in [-0.05, 0) is 43.2 Å². The van der Waals surface area contributed by atoms with Crippen LogP contribution in [0.25, 0.3) is 5.52 Å². The lowest BCUT2D eigenvalue weighted by Gasteiger charge is -2.29. The highest BCUT2D eigenvalue weighted by Crippen LogP contribution is 2.41. The van der Waals surface area contributed by atoms with Gasteiger partial charge in [-0.25, -0.2) is 22.0 Å². The van der Waals surface area contributed by atoms with Crippen LogP contribution in [0.1, 0.15) is 34.8 Å². The van der Waals surface area contributed by atoms with Crippen molar-refractivity contribution in [1.82, 2.24) is 14.3 Å². The normalized spacial score (nSPS) is 16.7. The molecule has 1 saturated heterocycles.